The molecule has 0 radical (unpaired) electrons. The van der Waals surface area contributed by atoms with Crippen LogP contribution >= 0.6 is 0 Å². The Kier molecular flexibility index (Phi) is 5.55. The number of rotatable bonds is 7. The molecule has 166 valence electrons. The van der Waals surface area contributed by atoms with E-state index >= 15 is 0 Å². The molecule has 5 rings (SSSR count). The maximum atomic E-state index is 11.1. The van der Waals surface area contributed by atoms with E-state index in [0.717, 1.165) is 47.3 Å². The van der Waals surface area contributed by atoms with Gasteiger partial charge in [0, 0.05) is 37.3 Å². The molecule has 3 aromatic heterocycles. The lowest BCUT2D eigenvalue weighted by atomic mass is 9.87. The van der Waals surface area contributed by atoms with Crippen LogP contribution in [0.4, 0.5) is 0 Å². The topological polar surface area (TPSA) is 101 Å². The van der Waals surface area contributed by atoms with Crippen molar-refractivity contribution in [3.05, 3.63) is 66.2 Å². The highest BCUT2D eigenvalue weighted by Crippen LogP contribution is 2.30. The molecule has 0 spiro atoms. The second-order valence-corrected chi connectivity index (χ2v) is 8.32. The van der Waals surface area contributed by atoms with E-state index in [1.165, 1.54) is 0 Å². The Hall–Kier alpha value is -3.36. The van der Waals surface area contributed by atoms with Gasteiger partial charge in [-0.15, -0.1) is 0 Å². The van der Waals surface area contributed by atoms with Gasteiger partial charge in [-0.3, -0.25) is 10.00 Å². The van der Waals surface area contributed by atoms with Crippen LogP contribution in [0.1, 0.15) is 24.4 Å². The molecule has 0 saturated carbocycles. The van der Waals surface area contributed by atoms with Crippen molar-refractivity contribution < 1.29 is 18.8 Å². The summed E-state index contributed by atoms with van der Waals surface area (Å²) < 4.78 is 16.7. The van der Waals surface area contributed by atoms with E-state index < -0.39 is 5.60 Å². The monoisotopic (exact) mass is 434 g/mol. The summed E-state index contributed by atoms with van der Waals surface area (Å²) in [5, 5.41) is 22.2. The molecule has 1 fully saturated rings. The van der Waals surface area contributed by atoms with Gasteiger partial charge in [0.1, 0.15) is 28.7 Å². The van der Waals surface area contributed by atoms with Crippen molar-refractivity contribution in [1.29, 1.82) is 0 Å². The van der Waals surface area contributed by atoms with E-state index in [4.69, 9.17) is 13.7 Å². The number of aliphatic hydroxyl groups is 1. The maximum absolute atomic E-state index is 11.1. The molecule has 32 heavy (non-hydrogen) atoms. The van der Waals surface area contributed by atoms with Crippen LogP contribution < -0.4 is 4.74 Å². The van der Waals surface area contributed by atoms with Gasteiger partial charge in [0.25, 0.3) is 0 Å². The second kappa shape index (κ2) is 8.64. The third kappa shape index (κ3) is 4.46. The van der Waals surface area contributed by atoms with Gasteiger partial charge in [-0.25, -0.2) is 0 Å². The number of nitrogens with one attached hydrogen (secondary N) is 1. The number of nitrogens with zero attached hydrogens (tertiary/aromatic N) is 3. The predicted molar refractivity (Wildman–Crippen MR) is 118 cm³/mol. The van der Waals surface area contributed by atoms with Crippen LogP contribution in [0, 0.1) is 0 Å². The van der Waals surface area contributed by atoms with E-state index in [9.17, 15) is 5.11 Å². The summed E-state index contributed by atoms with van der Waals surface area (Å²) in [6.07, 6.45) is 3.48. The Morgan fingerprint density at radius 2 is 2.00 bits per heavy atom. The molecular formula is C24H26N4O4. The predicted octanol–water partition coefficient (Wildman–Crippen LogP) is 3.90. The van der Waals surface area contributed by atoms with E-state index in [1.807, 2.05) is 48.5 Å². The molecule has 8 nitrogen and oxygen atoms in total. The van der Waals surface area contributed by atoms with E-state index in [2.05, 4.69) is 20.3 Å². The standard InChI is InChI=1S/C24H26N4O4/c1-30-18-4-2-3-17(13-18)22-14-20(32-27-22)15-24(29)8-11-28(12-9-24)16-19-5-6-23(31-19)21-7-10-25-26-21/h2-7,10,13-14,29H,8-9,11-12,15-16H2,1H3,(H,25,26). The quantitative estimate of drug-likeness (QED) is 0.455. The van der Waals surface area contributed by atoms with Crippen molar-refractivity contribution in [2.75, 3.05) is 20.2 Å². The van der Waals surface area contributed by atoms with Crippen molar-refractivity contribution in [3.8, 4) is 28.5 Å². The van der Waals surface area contributed by atoms with Gasteiger partial charge in [-0.05, 0) is 43.2 Å². The lowest BCUT2D eigenvalue weighted by Crippen LogP contribution is -2.45. The first-order chi connectivity index (χ1) is 15.6. The Balaban J connectivity index is 1.17. The first kappa shape index (κ1) is 20.5. The maximum Gasteiger partial charge on any atom is 0.152 e. The average Bonchev–Trinajstić information content (AvgIpc) is 3.57. The molecule has 0 unspecified atom stereocenters. The summed E-state index contributed by atoms with van der Waals surface area (Å²) in [6.45, 7) is 2.29. The highest BCUT2D eigenvalue weighted by Gasteiger charge is 2.34. The molecule has 1 saturated heterocycles. The minimum Gasteiger partial charge on any atom is -0.497 e. The molecule has 4 aromatic rings. The van der Waals surface area contributed by atoms with Gasteiger partial charge in [-0.1, -0.05) is 17.3 Å². The van der Waals surface area contributed by atoms with Gasteiger partial charge in [0.05, 0.1) is 19.3 Å². The summed E-state index contributed by atoms with van der Waals surface area (Å²) in [7, 11) is 1.64. The van der Waals surface area contributed by atoms with Crippen LogP contribution in [0.3, 0.4) is 0 Å². The zero-order chi connectivity index (χ0) is 22.0. The van der Waals surface area contributed by atoms with Crippen molar-refractivity contribution in [3.63, 3.8) is 0 Å². The summed E-state index contributed by atoms with van der Waals surface area (Å²) in [5.41, 5.74) is 1.73. The summed E-state index contributed by atoms with van der Waals surface area (Å²) >= 11 is 0. The molecule has 8 heteroatoms. The van der Waals surface area contributed by atoms with Gasteiger partial charge in [0.2, 0.25) is 0 Å². The molecule has 0 aliphatic carbocycles. The number of benzene rings is 1. The summed E-state index contributed by atoms with van der Waals surface area (Å²) in [4.78, 5) is 2.30. The number of hydrogen-bond acceptors (Lipinski definition) is 7. The van der Waals surface area contributed by atoms with Crippen LogP contribution in [-0.2, 0) is 13.0 Å². The number of furan rings is 1. The van der Waals surface area contributed by atoms with Gasteiger partial charge in [-0.2, -0.15) is 5.10 Å². The lowest BCUT2D eigenvalue weighted by Gasteiger charge is -2.37. The van der Waals surface area contributed by atoms with Crippen molar-refractivity contribution in [2.24, 2.45) is 0 Å². The zero-order valence-electron chi connectivity index (χ0n) is 18.0. The van der Waals surface area contributed by atoms with Crippen molar-refractivity contribution in [2.45, 2.75) is 31.4 Å². The number of hydrogen-bond donors (Lipinski definition) is 2. The minimum absolute atomic E-state index is 0.447. The zero-order valence-corrected chi connectivity index (χ0v) is 18.0. The highest BCUT2D eigenvalue weighted by molar-refractivity contribution is 5.61. The normalized spacial score (nSPS) is 16.3. The molecule has 2 N–H and O–H groups in total. The molecule has 1 aliphatic heterocycles. The second-order valence-electron chi connectivity index (χ2n) is 8.32. The van der Waals surface area contributed by atoms with Crippen LogP contribution in [0.15, 0.2) is 63.7 Å². The van der Waals surface area contributed by atoms with Gasteiger partial charge < -0.3 is 18.8 Å². The van der Waals surface area contributed by atoms with Crippen LogP contribution in [0.5, 0.6) is 5.75 Å². The molecule has 0 amide bonds. The summed E-state index contributed by atoms with van der Waals surface area (Å²) in [5.74, 6) is 3.14. The number of aromatic nitrogens is 3. The van der Waals surface area contributed by atoms with E-state index in [1.54, 1.807) is 13.3 Å². The van der Waals surface area contributed by atoms with Crippen LogP contribution in [0.2, 0.25) is 0 Å². The fourth-order valence-electron chi connectivity index (χ4n) is 4.16. The lowest BCUT2D eigenvalue weighted by molar-refractivity contribution is -0.0276. The SMILES string of the molecule is COc1cccc(-c2cc(CC3(O)CCN(Cc4ccc(-c5ccn[nH]5)o4)CC3)on2)c1. The molecule has 4 heterocycles. The third-order valence-electron chi connectivity index (χ3n) is 6.02. The smallest absolute Gasteiger partial charge is 0.152 e. The Morgan fingerprint density at radius 3 is 2.78 bits per heavy atom. The molecule has 0 atom stereocenters. The number of ether oxygens (including phenoxy) is 1. The largest absolute Gasteiger partial charge is 0.497 e. The van der Waals surface area contributed by atoms with Gasteiger partial charge >= 0.3 is 0 Å². The van der Waals surface area contributed by atoms with E-state index in [-0.39, 0.29) is 0 Å². The van der Waals surface area contributed by atoms with Crippen molar-refractivity contribution >= 4 is 0 Å². The molecule has 0 bridgehead atoms. The fraction of sp³-hybridized carbons (Fsp3) is 0.333. The Labute approximate surface area is 185 Å². The third-order valence-corrected chi connectivity index (χ3v) is 6.02. The number of H-pyrrole nitrogens is 1. The highest BCUT2D eigenvalue weighted by atomic mass is 16.5. The number of methoxy groups -OCH3 is 1. The first-order valence-electron chi connectivity index (χ1n) is 10.7. The van der Waals surface area contributed by atoms with Gasteiger partial charge in [0.15, 0.2) is 5.76 Å². The number of aromatic amines is 1. The molecular weight excluding hydrogens is 408 g/mol. The van der Waals surface area contributed by atoms with Crippen molar-refractivity contribution in [1.82, 2.24) is 20.3 Å². The van der Waals surface area contributed by atoms with E-state index in [0.29, 0.717) is 31.6 Å². The van der Waals surface area contributed by atoms with Crippen LogP contribution in [0.25, 0.3) is 22.7 Å². The Morgan fingerprint density at radius 1 is 1.12 bits per heavy atom. The minimum atomic E-state index is -0.800. The molecule has 1 aromatic carbocycles. The molecule has 1 aliphatic rings. The number of likely N-dealkylation sites (tertiary alicyclic amines) is 1. The summed E-state index contributed by atoms with van der Waals surface area (Å²) in [6, 6.07) is 15.4. The first-order valence-corrected chi connectivity index (χ1v) is 10.7. The van der Waals surface area contributed by atoms with Crippen LogP contribution in [-0.4, -0.2) is 51.2 Å². The Bertz CT molecular complexity index is 1160. The average molecular weight is 434 g/mol. The number of piperidine rings is 1. The fourth-order valence-corrected chi connectivity index (χ4v) is 4.16.